The van der Waals surface area contributed by atoms with E-state index >= 15 is 0 Å². The van der Waals surface area contributed by atoms with E-state index in [4.69, 9.17) is 33.4 Å². The second-order valence-electron chi connectivity index (χ2n) is 10.6. The van der Waals surface area contributed by atoms with Gasteiger partial charge in [0, 0.05) is 22.9 Å². The Labute approximate surface area is 256 Å². The lowest BCUT2D eigenvalue weighted by Gasteiger charge is -2.26. The van der Waals surface area contributed by atoms with Gasteiger partial charge in [-0.25, -0.2) is 0 Å². The van der Waals surface area contributed by atoms with Gasteiger partial charge in [0.25, 0.3) is 0 Å². The molecule has 5 aromatic rings. The van der Waals surface area contributed by atoms with Gasteiger partial charge in [-0.15, -0.1) is 0 Å². The zero-order chi connectivity index (χ0) is 28.5. The molecule has 0 aromatic heterocycles. The van der Waals surface area contributed by atoms with Crippen molar-refractivity contribution in [1.29, 1.82) is 0 Å². The Morgan fingerprint density at radius 1 is 0.452 bits per heavy atom. The topological polar surface area (TPSA) is 31.2 Å². The highest BCUT2D eigenvalue weighted by atomic mass is 35.5. The van der Waals surface area contributed by atoms with Gasteiger partial charge in [0.15, 0.2) is 0 Å². The van der Waals surface area contributed by atoms with Crippen LogP contribution in [0.1, 0.15) is 47.2 Å². The number of hydrogen-bond donors (Lipinski definition) is 0. The largest absolute Gasteiger partial charge is 0.257 e. The van der Waals surface area contributed by atoms with Gasteiger partial charge >= 0.3 is 0 Å². The first-order chi connectivity index (χ1) is 20.6. The first-order valence-electron chi connectivity index (χ1n) is 14.1. The molecule has 0 amide bonds. The lowest BCUT2D eigenvalue weighted by molar-refractivity contribution is 0.696. The third-order valence-corrected chi connectivity index (χ3v) is 8.43. The molecule has 7 rings (SSSR count). The highest BCUT2D eigenvalue weighted by Crippen LogP contribution is 2.40. The Morgan fingerprint density at radius 3 is 1.17 bits per heavy atom. The minimum Gasteiger partial charge on any atom is -0.257 e. The maximum Gasteiger partial charge on any atom is 0.0831 e. The van der Waals surface area contributed by atoms with Crippen LogP contribution in [-0.2, 0) is 0 Å². The van der Waals surface area contributed by atoms with E-state index in [1.165, 1.54) is 11.1 Å². The Hall–Kier alpha value is -4.38. The zero-order valence-electron chi connectivity index (χ0n) is 22.8. The minimum atomic E-state index is 0.0850. The first-order valence-corrected chi connectivity index (χ1v) is 14.8. The van der Waals surface area contributed by atoms with Crippen molar-refractivity contribution < 1.29 is 0 Å². The SMILES string of the molecule is Clc1ccc(C2=NN(c3ccccc3)C(c3ccc(C4CC(c5ccc(Cl)cc5)=NN4c4ccccc4)cc3)C2)cc1. The Morgan fingerprint density at radius 2 is 0.810 bits per heavy atom. The maximum absolute atomic E-state index is 6.17. The summed E-state index contributed by atoms with van der Waals surface area (Å²) in [5.41, 5.74) is 8.88. The molecule has 42 heavy (non-hydrogen) atoms. The summed E-state index contributed by atoms with van der Waals surface area (Å²) in [6.45, 7) is 0. The molecule has 2 unspecified atom stereocenters. The molecular weight excluding hydrogens is 559 g/mol. The smallest absolute Gasteiger partial charge is 0.0831 e. The van der Waals surface area contributed by atoms with Crippen LogP contribution in [0.25, 0.3) is 0 Å². The van der Waals surface area contributed by atoms with Crippen LogP contribution in [0.4, 0.5) is 11.4 Å². The number of para-hydroxylation sites is 2. The maximum atomic E-state index is 6.17. The monoisotopic (exact) mass is 586 g/mol. The molecule has 0 N–H and O–H groups in total. The fourth-order valence-electron chi connectivity index (χ4n) is 5.75. The fraction of sp³-hybridized carbons (Fsp3) is 0.111. The van der Waals surface area contributed by atoms with E-state index in [-0.39, 0.29) is 12.1 Å². The second-order valence-corrected chi connectivity index (χ2v) is 11.4. The molecule has 0 aliphatic carbocycles. The molecule has 0 saturated heterocycles. The standard InChI is InChI=1S/C36H28Cl2N4/c37-29-19-15-25(16-20-29)33-23-35(41(39-33)31-7-3-1-4-8-31)27-11-13-28(14-12-27)36-24-34(26-17-21-30(38)22-18-26)40-42(36)32-9-5-2-6-10-32/h1-22,35-36H,23-24H2. The van der Waals surface area contributed by atoms with Gasteiger partial charge in [0.2, 0.25) is 0 Å². The molecule has 4 nitrogen and oxygen atoms in total. The van der Waals surface area contributed by atoms with Crippen LogP contribution in [0.15, 0.2) is 144 Å². The van der Waals surface area contributed by atoms with Gasteiger partial charge in [-0.2, -0.15) is 10.2 Å². The van der Waals surface area contributed by atoms with E-state index in [0.717, 1.165) is 56.8 Å². The summed E-state index contributed by atoms with van der Waals surface area (Å²) in [4.78, 5) is 0. The van der Waals surface area contributed by atoms with Crippen LogP contribution >= 0.6 is 23.2 Å². The Balaban J connectivity index is 1.19. The van der Waals surface area contributed by atoms with Crippen LogP contribution in [-0.4, -0.2) is 11.4 Å². The van der Waals surface area contributed by atoms with Gasteiger partial charge in [0.1, 0.15) is 0 Å². The summed E-state index contributed by atoms with van der Waals surface area (Å²) in [6, 6.07) is 45.8. The fourth-order valence-corrected chi connectivity index (χ4v) is 6.00. The summed E-state index contributed by atoms with van der Waals surface area (Å²) >= 11 is 12.3. The number of anilines is 2. The van der Waals surface area contributed by atoms with Gasteiger partial charge in [-0.1, -0.05) is 108 Å². The number of halogens is 2. The van der Waals surface area contributed by atoms with E-state index in [1.807, 2.05) is 60.7 Å². The summed E-state index contributed by atoms with van der Waals surface area (Å²) in [6.07, 6.45) is 1.61. The quantitative estimate of drug-likeness (QED) is 0.198. The lowest BCUT2D eigenvalue weighted by atomic mass is 9.94. The highest BCUT2D eigenvalue weighted by molar-refractivity contribution is 6.31. The number of hydrogen-bond acceptors (Lipinski definition) is 4. The first kappa shape index (κ1) is 26.5. The van der Waals surface area contributed by atoms with Gasteiger partial charge < -0.3 is 0 Å². The normalized spacial score (nSPS) is 18.2. The molecule has 0 spiro atoms. The highest BCUT2D eigenvalue weighted by Gasteiger charge is 2.32. The number of benzene rings is 5. The summed E-state index contributed by atoms with van der Waals surface area (Å²) in [7, 11) is 0. The van der Waals surface area contributed by atoms with Crippen LogP contribution in [0.2, 0.25) is 10.0 Å². The molecule has 0 bridgehead atoms. The van der Waals surface area contributed by atoms with E-state index in [9.17, 15) is 0 Å². The molecule has 5 aromatic carbocycles. The van der Waals surface area contributed by atoms with Crippen LogP contribution < -0.4 is 10.0 Å². The summed E-state index contributed by atoms with van der Waals surface area (Å²) < 4.78 is 0. The van der Waals surface area contributed by atoms with E-state index < -0.39 is 0 Å². The van der Waals surface area contributed by atoms with Crippen molar-refractivity contribution in [3.8, 4) is 0 Å². The van der Waals surface area contributed by atoms with E-state index in [2.05, 4.69) is 82.8 Å². The molecular formula is C36H28Cl2N4. The molecule has 2 aliphatic rings. The van der Waals surface area contributed by atoms with Crippen molar-refractivity contribution in [2.24, 2.45) is 10.2 Å². The molecule has 2 atom stereocenters. The summed E-state index contributed by atoms with van der Waals surface area (Å²) in [5, 5.41) is 15.9. The minimum absolute atomic E-state index is 0.0850. The van der Waals surface area contributed by atoms with Crippen LogP contribution in [0, 0.1) is 0 Å². The van der Waals surface area contributed by atoms with Crippen molar-refractivity contribution in [3.63, 3.8) is 0 Å². The molecule has 2 heterocycles. The molecule has 0 saturated carbocycles. The van der Waals surface area contributed by atoms with Crippen molar-refractivity contribution in [1.82, 2.24) is 0 Å². The molecule has 0 radical (unpaired) electrons. The number of hydrazone groups is 2. The average molecular weight is 588 g/mol. The second kappa shape index (κ2) is 11.5. The van der Waals surface area contributed by atoms with Crippen molar-refractivity contribution in [2.75, 3.05) is 10.0 Å². The van der Waals surface area contributed by atoms with Gasteiger partial charge in [-0.05, 0) is 70.8 Å². The van der Waals surface area contributed by atoms with E-state index in [0.29, 0.717) is 0 Å². The third kappa shape index (κ3) is 5.32. The predicted octanol–water partition coefficient (Wildman–Crippen LogP) is 9.70. The Bertz CT molecular complexity index is 1600. The van der Waals surface area contributed by atoms with E-state index in [1.54, 1.807) is 0 Å². The van der Waals surface area contributed by atoms with Crippen molar-refractivity contribution >= 4 is 46.0 Å². The molecule has 2 aliphatic heterocycles. The molecule has 206 valence electrons. The predicted molar refractivity (Wildman–Crippen MR) is 175 cm³/mol. The van der Waals surface area contributed by atoms with Crippen LogP contribution in [0.3, 0.4) is 0 Å². The van der Waals surface area contributed by atoms with Crippen LogP contribution in [0.5, 0.6) is 0 Å². The number of nitrogens with zero attached hydrogens (tertiary/aromatic N) is 4. The Kier molecular flexibility index (Phi) is 7.25. The summed E-state index contributed by atoms with van der Waals surface area (Å²) in [5.74, 6) is 0. The lowest BCUT2D eigenvalue weighted by Crippen LogP contribution is -2.20. The van der Waals surface area contributed by atoms with Gasteiger partial charge in [0.05, 0.1) is 34.9 Å². The van der Waals surface area contributed by atoms with Crippen molar-refractivity contribution in [3.05, 3.63) is 166 Å². The zero-order valence-corrected chi connectivity index (χ0v) is 24.3. The number of rotatable bonds is 6. The third-order valence-electron chi connectivity index (χ3n) is 7.92. The molecule has 6 heteroatoms. The average Bonchev–Trinajstić information content (AvgIpc) is 3.69. The van der Waals surface area contributed by atoms with Crippen molar-refractivity contribution in [2.45, 2.75) is 24.9 Å². The van der Waals surface area contributed by atoms with Gasteiger partial charge in [-0.3, -0.25) is 10.0 Å². The molecule has 0 fully saturated rings.